The molecule has 0 saturated carbocycles. The number of benzene rings is 2. The molecule has 0 heterocycles. The maximum absolute atomic E-state index is 8.77. The van der Waals surface area contributed by atoms with Gasteiger partial charge in [-0.2, -0.15) is 15.8 Å². The first kappa shape index (κ1) is 14.7. The van der Waals surface area contributed by atoms with Crippen LogP contribution in [0.5, 0.6) is 11.5 Å². The van der Waals surface area contributed by atoms with Gasteiger partial charge in [0.25, 0.3) is 0 Å². The summed E-state index contributed by atoms with van der Waals surface area (Å²) in [4.78, 5) is 0. The number of nitrogens with zero attached hydrogens (tertiary/aromatic N) is 3. The molecular formula is C17H10N4O. The minimum absolute atomic E-state index is 0.0341. The molecule has 0 unspecified atom stereocenters. The number of rotatable bonds is 4. The van der Waals surface area contributed by atoms with Gasteiger partial charge in [-0.15, -0.1) is 0 Å². The normalized spacial score (nSPS) is 8.77. The molecule has 0 atom stereocenters. The second kappa shape index (κ2) is 7.14. The average molecular weight is 286 g/mol. The minimum atomic E-state index is -0.0341. The molecule has 5 nitrogen and oxygen atoms in total. The Balaban J connectivity index is 2.21. The second-order valence-corrected chi connectivity index (χ2v) is 4.16. The van der Waals surface area contributed by atoms with Crippen molar-refractivity contribution in [3.05, 3.63) is 65.9 Å². The monoisotopic (exact) mass is 286 g/mol. The number of ether oxygens (including phenoxy) is 1. The third-order valence-electron chi connectivity index (χ3n) is 2.71. The van der Waals surface area contributed by atoms with E-state index >= 15 is 0 Å². The predicted octanol–water partition coefficient (Wildman–Crippen LogP) is 3.69. The Bertz CT molecular complexity index is 801. The molecule has 0 fully saturated rings. The first-order valence-electron chi connectivity index (χ1n) is 6.31. The van der Waals surface area contributed by atoms with Gasteiger partial charge in [0, 0.05) is 6.20 Å². The van der Waals surface area contributed by atoms with Crippen molar-refractivity contribution in [1.82, 2.24) is 0 Å². The molecule has 0 spiro atoms. The highest BCUT2D eigenvalue weighted by atomic mass is 16.5. The van der Waals surface area contributed by atoms with Crippen LogP contribution in [-0.2, 0) is 0 Å². The van der Waals surface area contributed by atoms with E-state index in [-0.39, 0.29) is 5.57 Å². The molecule has 5 heteroatoms. The lowest BCUT2D eigenvalue weighted by atomic mass is 10.2. The summed E-state index contributed by atoms with van der Waals surface area (Å²) in [5.41, 5.74) is 1.14. The molecule has 2 aromatic carbocycles. The summed E-state index contributed by atoms with van der Waals surface area (Å²) >= 11 is 0. The Hall–Kier alpha value is -3.75. The Morgan fingerprint density at radius 1 is 0.955 bits per heavy atom. The van der Waals surface area contributed by atoms with Gasteiger partial charge >= 0.3 is 0 Å². The molecular weight excluding hydrogens is 276 g/mol. The van der Waals surface area contributed by atoms with Crippen LogP contribution in [-0.4, -0.2) is 0 Å². The summed E-state index contributed by atoms with van der Waals surface area (Å²) in [5.74, 6) is 1.12. The number of para-hydroxylation sites is 2. The summed E-state index contributed by atoms with van der Waals surface area (Å²) < 4.78 is 5.74. The molecule has 0 aliphatic rings. The minimum Gasteiger partial charge on any atom is -0.455 e. The van der Waals surface area contributed by atoms with E-state index in [4.69, 9.17) is 20.5 Å². The zero-order valence-electron chi connectivity index (χ0n) is 11.4. The average Bonchev–Trinajstić information content (AvgIpc) is 2.58. The molecule has 0 aliphatic heterocycles. The topological polar surface area (TPSA) is 92.6 Å². The van der Waals surface area contributed by atoms with E-state index in [1.165, 1.54) is 6.20 Å². The van der Waals surface area contributed by atoms with Crippen molar-refractivity contribution < 1.29 is 4.74 Å². The van der Waals surface area contributed by atoms with Crippen LogP contribution in [0.1, 0.15) is 5.56 Å². The lowest BCUT2D eigenvalue weighted by Gasteiger charge is -2.10. The highest BCUT2D eigenvalue weighted by Crippen LogP contribution is 2.29. The van der Waals surface area contributed by atoms with Crippen LogP contribution in [0.2, 0.25) is 0 Å². The van der Waals surface area contributed by atoms with Crippen molar-refractivity contribution in [2.75, 3.05) is 5.32 Å². The van der Waals surface area contributed by atoms with Crippen LogP contribution < -0.4 is 10.1 Å². The molecule has 1 N–H and O–H groups in total. The van der Waals surface area contributed by atoms with E-state index in [9.17, 15) is 0 Å². The predicted molar refractivity (Wildman–Crippen MR) is 80.6 cm³/mol. The van der Waals surface area contributed by atoms with E-state index in [0.717, 1.165) is 0 Å². The number of hydrogen-bond acceptors (Lipinski definition) is 5. The van der Waals surface area contributed by atoms with Gasteiger partial charge in [-0.25, -0.2) is 0 Å². The van der Waals surface area contributed by atoms with Gasteiger partial charge in [0.1, 0.15) is 23.5 Å². The molecule has 0 amide bonds. The Labute approximate surface area is 127 Å². The van der Waals surface area contributed by atoms with Gasteiger partial charge in [0.05, 0.1) is 17.3 Å². The van der Waals surface area contributed by atoms with E-state index in [1.807, 2.05) is 12.1 Å². The molecule has 0 aliphatic carbocycles. The Kier molecular flexibility index (Phi) is 4.76. The highest BCUT2D eigenvalue weighted by molar-refractivity contribution is 5.60. The van der Waals surface area contributed by atoms with Crippen LogP contribution in [0.25, 0.3) is 0 Å². The molecule has 0 aromatic heterocycles. The van der Waals surface area contributed by atoms with Crippen molar-refractivity contribution in [1.29, 1.82) is 15.8 Å². The maximum Gasteiger partial charge on any atom is 0.150 e. The fourth-order valence-corrected chi connectivity index (χ4v) is 1.64. The van der Waals surface area contributed by atoms with Gasteiger partial charge in [-0.3, -0.25) is 0 Å². The van der Waals surface area contributed by atoms with E-state index in [2.05, 4.69) is 5.32 Å². The first-order valence-corrected chi connectivity index (χ1v) is 6.31. The van der Waals surface area contributed by atoms with E-state index in [0.29, 0.717) is 22.7 Å². The number of allylic oxidation sites excluding steroid dienone is 1. The molecule has 2 rings (SSSR count). The molecule has 104 valence electrons. The third-order valence-corrected chi connectivity index (χ3v) is 2.71. The number of anilines is 1. The van der Waals surface area contributed by atoms with Crippen LogP contribution in [0, 0.1) is 34.0 Å². The first-order chi connectivity index (χ1) is 10.8. The van der Waals surface area contributed by atoms with Crippen LogP contribution in [0.15, 0.2) is 60.3 Å². The standard InChI is InChI=1S/C17H10N4O/c18-9-13-5-7-15(8-6-13)22-17-4-2-1-3-16(17)21-12-14(10-19)11-20/h1-8,12,21H. The molecule has 22 heavy (non-hydrogen) atoms. The fraction of sp³-hybridized carbons (Fsp3) is 0. The van der Waals surface area contributed by atoms with Crippen LogP contribution >= 0.6 is 0 Å². The van der Waals surface area contributed by atoms with Crippen molar-refractivity contribution in [2.24, 2.45) is 0 Å². The lowest BCUT2D eigenvalue weighted by molar-refractivity contribution is 0.485. The summed E-state index contributed by atoms with van der Waals surface area (Å²) in [6.07, 6.45) is 1.32. The zero-order valence-corrected chi connectivity index (χ0v) is 11.4. The third kappa shape index (κ3) is 3.63. The number of nitriles is 3. The van der Waals surface area contributed by atoms with Gasteiger partial charge in [-0.1, -0.05) is 12.1 Å². The van der Waals surface area contributed by atoms with Gasteiger partial charge in [-0.05, 0) is 36.4 Å². The van der Waals surface area contributed by atoms with Gasteiger partial charge in [0.15, 0.2) is 5.75 Å². The van der Waals surface area contributed by atoms with E-state index in [1.54, 1.807) is 54.6 Å². The summed E-state index contributed by atoms with van der Waals surface area (Å²) in [7, 11) is 0. The van der Waals surface area contributed by atoms with Gasteiger partial charge < -0.3 is 10.1 Å². The Morgan fingerprint density at radius 3 is 2.27 bits per heavy atom. The van der Waals surface area contributed by atoms with Crippen molar-refractivity contribution in [2.45, 2.75) is 0 Å². The summed E-state index contributed by atoms with van der Waals surface area (Å²) in [5, 5.41) is 29.1. The molecule has 0 bridgehead atoms. The maximum atomic E-state index is 8.77. The largest absolute Gasteiger partial charge is 0.455 e. The van der Waals surface area contributed by atoms with Crippen molar-refractivity contribution in [3.8, 4) is 29.7 Å². The number of hydrogen-bond donors (Lipinski definition) is 1. The molecule has 2 aromatic rings. The molecule has 0 radical (unpaired) electrons. The fourth-order valence-electron chi connectivity index (χ4n) is 1.64. The SMILES string of the molecule is N#CC(C#N)=CNc1ccccc1Oc1ccc(C#N)cc1. The van der Waals surface area contributed by atoms with Crippen LogP contribution in [0.3, 0.4) is 0 Å². The number of nitrogens with one attached hydrogen (secondary N) is 1. The van der Waals surface area contributed by atoms with Crippen molar-refractivity contribution >= 4 is 5.69 Å². The highest BCUT2D eigenvalue weighted by Gasteiger charge is 2.04. The lowest BCUT2D eigenvalue weighted by Crippen LogP contribution is -1.94. The summed E-state index contributed by atoms with van der Waals surface area (Å²) in [6.45, 7) is 0. The smallest absolute Gasteiger partial charge is 0.150 e. The second-order valence-electron chi connectivity index (χ2n) is 4.16. The van der Waals surface area contributed by atoms with Crippen LogP contribution in [0.4, 0.5) is 5.69 Å². The van der Waals surface area contributed by atoms with Crippen molar-refractivity contribution in [3.63, 3.8) is 0 Å². The van der Waals surface area contributed by atoms with E-state index < -0.39 is 0 Å². The Morgan fingerprint density at radius 2 is 1.64 bits per heavy atom. The quantitative estimate of drug-likeness (QED) is 0.865. The summed E-state index contributed by atoms with van der Waals surface area (Å²) in [6, 6.07) is 19.4. The molecule has 0 saturated heterocycles. The zero-order chi connectivity index (χ0) is 15.8. The van der Waals surface area contributed by atoms with Gasteiger partial charge in [0.2, 0.25) is 0 Å².